The lowest BCUT2D eigenvalue weighted by Gasteiger charge is -2.28. The van der Waals surface area contributed by atoms with Gasteiger partial charge in [-0.2, -0.15) is 0 Å². The Kier molecular flexibility index (Phi) is 4.52. The zero-order chi connectivity index (χ0) is 21.7. The van der Waals surface area contributed by atoms with Gasteiger partial charge in [0.25, 0.3) is 5.56 Å². The van der Waals surface area contributed by atoms with E-state index in [1.807, 2.05) is 63.7 Å². The molecule has 3 heterocycles. The van der Waals surface area contributed by atoms with Gasteiger partial charge in [0, 0.05) is 13.1 Å². The predicted octanol–water partition coefficient (Wildman–Crippen LogP) is 4.19. The van der Waals surface area contributed by atoms with Crippen molar-refractivity contribution in [2.45, 2.75) is 19.6 Å². The Morgan fingerprint density at radius 2 is 1.59 bits per heavy atom. The van der Waals surface area contributed by atoms with E-state index in [0.29, 0.717) is 22.6 Å². The fraction of sp³-hybridized carbons (Fsp3) is 0.160. The molecular weight excluding hydrogens is 418 g/mol. The highest BCUT2D eigenvalue weighted by Gasteiger charge is 2.20. The van der Waals surface area contributed by atoms with Crippen molar-refractivity contribution >= 4 is 28.9 Å². The van der Waals surface area contributed by atoms with E-state index in [1.54, 1.807) is 4.57 Å². The number of rotatable bonds is 3. The fourth-order valence-corrected chi connectivity index (χ4v) is 4.86. The fourth-order valence-electron chi connectivity index (χ4n) is 4.58. The number of hydrogen-bond donors (Lipinski definition) is 0. The number of para-hydroxylation sites is 2. The summed E-state index contributed by atoms with van der Waals surface area (Å²) in [6.07, 6.45) is 1.01. The summed E-state index contributed by atoms with van der Waals surface area (Å²) in [6.45, 7) is 2.38. The van der Waals surface area contributed by atoms with Gasteiger partial charge in [-0.1, -0.05) is 54.6 Å². The highest BCUT2D eigenvalue weighted by Crippen LogP contribution is 2.21. The number of fused-ring (bicyclic) bond motifs is 4. The first-order valence-electron chi connectivity index (χ1n) is 10.7. The molecular formula is C25H21N5OS. The van der Waals surface area contributed by atoms with Crippen LogP contribution in [-0.2, 0) is 19.6 Å². The summed E-state index contributed by atoms with van der Waals surface area (Å²) in [5, 5.41) is 5.46. The topological polar surface area (TPSA) is 47.5 Å². The predicted molar refractivity (Wildman–Crippen MR) is 128 cm³/mol. The van der Waals surface area contributed by atoms with Crippen LogP contribution in [0.15, 0.2) is 83.7 Å². The SMILES string of the molecule is O=c1c2ccccc2n2c(=S)n(CN3CCc4ccccc4C3)nc2n1-c1ccccc1. The standard InChI is InChI=1S/C25H21N5OS/c31-23-21-12-6-7-13-22(21)30-24(29(23)20-10-2-1-3-11-20)26-28(25(30)32)17-27-15-14-18-8-4-5-9-19(18)16-27/h1-13H,14-17H2. The summed E-state index contributed by atoms with van der Waals surface area (Å²) in [4.78, 5) is 15.8. The van der Waals surface area contributed by atoms with Gasteiger partial charge in [-0.25, -0.2) is 9.25 Å². The third kappa shape index (κ3) is 3.01. The van der Waals surface area contributed by atoms with Gasteiger partial charge in [-0.3, -0.25) is 14.1 Å². The molecule has 6 rings (SSSR count). The van der Waals surface area contributed by atoms with Crippen LogP contribution in [0.4, 0.5) is 0 Å². The van der Waals surface area contributed by atoms with Crippen LogP contribution < -0.4 is 5.56 Å². The van der Waals surface area contributed by atoms with Crippen LogP contribution in [0.5, 0.6) is 0 Å². The number of benzene rings is 3. The zero-order valence-corrected chi connectivity index (χ0v) is 18.2. The van der Waals surface area contributed by atoms with E-state index in [1.165, 1.54) is 11.1 Å². The van der Waals surface area contributed by atoms with Crippen LogP contribution in [0.25, 0.3) is 22.4 Å². The molecule has 158 valence electrons. The average molecular weight is 440 g/mol. The van der Waals surface area contributed by atoms with Crippen LogP contribution in [0, 0.1) is 4.77 Å². The summed E-state index contributed by atoms with van der Waals surface area (Å²) in [5.74, 6) is 0.530. The molecule has 0 saturated heterocycles. The summed E-state index contributed by atoms with van der Waals surface area (Å²) in [5.41, 5.74) is 4.21. The van der Waals surface area contributed by atoms with Crippen molar-refractivity contribution in [3.05, 3.63) is 105 Å². The molecule has 0 radical (unpaired) electrons. The van der Waals surface area contributed by atoms with E-state index in [2.05, 4.69) is 29.2 Å². The second kappa shape index (κ2) is 7.55. The Morgan fingerprint density at radius 1 is 0.875 bits per heavy atom. The van der Waals surface area contributed by atoms with Gasteiger partial charge in [0.15, 0.2) is 0 Å². The molecule has 0 aliphatic carbocycles. The van der Waals surface area contributed by atoms with E-state index >= 15 is 0 Å². The van der Waals surface area contributed by atoms with Crippen molar-refractivity contribution in [2.24, 2.45) is 0 Å². The quantitative estimate of drug-likeness (QED) is 0.396. The Morgan fingerprint density at radius 3 is 2.44 bits per heavy atom. The average Bonchev–Trinajstić information content (AvgIpc) is 3.15. The largest absolute Gasteiger partial charge is 0.280 e. The minimum Gasteiger partial charge on any atom is -0.280 e. The molecule has 32 heavy (non-hydrogen) atoms. The highest BCUT2D eigenvalue weighted by atomic mass is 32.1. The first-order chi connectivity index (χ1) is 15.7. The van der Waals surface area contributed by atoms with Crippen LogP contribution in [0.1, 0.15) is 11.1 Å². The first-order valence-corrected chi connectivity index (χ1v) is 11.1. The number of nitrogens with zero attached hydrogens (tertiary/aromatic N) is 5. The van der Waals surface area contributed by atoms with Gasteiger partial charge in [0.1, 0.15) is 0 Å². The molecule has 6 nitrogen and oxygen atoms in total. The summed E-state index contributed by atoms with van der Waals surface area (Å²) >= 11 is 5.88. The maximum Gasteiger partial charge on any atom is 0.267 e. The molecule has 7 heteroatoms. The van der Waals surface area contributed by atoms with Gasteiger partial charge < -0.3 is 0 Å². The van der Waals surface area contributed by atoms with E-state index in [4.69, 9.17) is 17.3 Å². The van der Waals surface area contributed by atoms with Crippen molar-refractivity contribution in [3.63, 3.8) is 0 Å². The third-order valence-electron chi connectivity index (χ3n) is 6.16. The van der Waals surface area contributed by atoms with Gasteiger partial charge in [-0.05, 0) is 54.0 Å². The lowest BCUT2D eigenvalue weighted by Crippen LogP contribution is -2.32. The molecule has 3 aromatic carbocycles. The van der Waals surface area contributed by atoms with Gasteiger partial charge in [0.05, 0.1) is 23.3 Å². The molecule has 0 saturated carbocycles. The van der Waals surface area contributed by atoms with Gasteiger partial charge in [-0.15, -0.1) is 5.10 Å². The maximum absolute atomic E-state index is 13.4. The van der Waals surface area contributed by atoms with E-state index in [-0.39, 0.29) is 5.56 Å². The molecule has 5 aromatic rings. The van der Waals surface area contributed by atoms with Crippen molar-refractivity contribution in [2.75, 3.05) is 6.54 Å². The maximum atomic E-state index is 13.4. The van der Waals surface area contributed by atoms with Crippen LogP contribution in [0.3, 0.4) is 0 Å². The van der Waals surface area contributed by atoms with E-state index in [0.717, 1.165) is 30.7 Å². The summed E-state index contributed by atoms with van der Waals surface area (Å²) in [7, 11) is 0. The second-order valence-corrected chi connectivity index (χ2v) is 8.49. The monoisotopic (exact) mass is 439 g/mol. The Balaban J connectivity index is 1.53. The lowest BCUT2D eigenvalue weighted by molar-refractivity contribution is 0.188. The smallest absolute Gasteiger partial charge is 0.267 e. The van der Waals surface area contributed by atoms with Crippen molar-refractivity contribution in [1.82, 2.24) is 23.6 Å². The molecule has 1 aliphatic rings. The summed E-state index contributed by atoms with van der Waals surface area (Å²) < 4.78 is 5.99. The second-order valence-electron chi connectivity index (χ2n) is 8.12. The Labute approximate surface area is 189 Å². The van der Waals surface area contributed by atoms with Gasteiger partial charge in [0.2, 0.25) is 10.5 Å². The molecule has 0 bridgehead atoms. The van der Waals surface area contributed by atoms with Gasteiger partial charge >= 0.3 is 0 Å². The molecule has 0 spiro atoms. The molecule has 0 atom stereocenters. The summed E-state index contributed by atoms with van der Waals surface area (Å²) in [6, 6.07) is 25.8. The lowest BCUT2D eigenvalue weighted by atomic mass is 10.0. The highest BCUT2D eigenvalue weighted by molar-refractivity contribution is 7.71. The number of hydrogen-bond acceptors (Lipinski definition) is 4. The van der Waals surface area contributed by atoms with Crippen molar-refractivity contribution in [3.8, 4) is 5.69 Å². The third-order valence-corrected chi connectivity index (χ3v) is 6.55. The minimum absolute atomic E-state index is 0.0988. The van der Waals surface area contributed by atoms with E-state index in [9.17, 15) is 4.79 Å². The molecule has 0 unspecified atom stereocenters. The van der Waals surface area contributed by atoms with Crippen molar-refractivity contribution < 1.29 is 0 Å². The number of aromatic nitrogens is 4. The molecule has 1 aliphatic heterocycles. The zero-order valence-electron chi connectivity index (χ0n) is 17.4. The molecule has 0 fully saturated rings. The Hall–Kier alpha value is -3.55. The first kappa shape index (κ1) is 19.2. The Bertz CT molecular complexity index is 1580. The normalized spacial score (nSPS) is 14.1. The van der Waals surface area contributed by atoms with Crippen LogP contribution in [-0.4, -0.2) is 30.2 Å². The van der Waals surface area contributed by atoms with Crippen LogP contribution in [0.2, 0.25) is 0 Å². The van der Waals surface area contributed by atoms with E-state index < -0.39 is 0 Å². The minimum atomic E-state index is -0.0988. The molecule has 0 amide bonds. The molecule has 2 aromatic heterocycles. The van der Waals surface area contributed by atoms with Crippen molar-refractivity contribution in [1.29, 1.82) is 0 Å². The van der Waals surface area contributed by atoms with Crippen LogP contribution >= 0.6 is 12.2 Å². The molecule has 0 N–H and O–H groups in total.